The first-order valence-corrected chi connectivity index (χ1v) is 10.1. The SMILES string of the molecule is CSc1ccccc1NC(=O)[C@H](C)N1CCN(c2nccs2)CC1. The number of anilines is 2. The zero-order valence-corrected chi connectivity index (χ0v) is 15.6. The molecule has 1 aromatic heterocycles. The normalized spacial score (nSPS) is 16.8. The van der Waals surface area contributed by atoms with Crippen LogP contribution in [0.4, 0.5) is 10.8 Å². The second-order valence-electron chi connectivity index (χ2n) is 5.70. The van der Waals surface area contributed by atoms with E-state index in [1.165, 1.54) is 0 Å². The Bertz CT molecular complexity index is 669. The molecule has 0 aliphatic carbocycles. The number of hydrogen-bond donors (Lipinski definition) is 1. The largest absolute Gasteiger partial charge is 0.346 e. The second kappa shape index (κ2) is 8.00. The number of aromatic nitrogens is 1. The van der Waals surface area contributed by atoms with Gasteiger partial charge in [-0.25, -0.2) is 4.98 Å². The lowest BCUT2D eigenvalue weighted by molar-refractivity contribution is -0.120. The van der Waals surface area contributed by atoms with Crippen molar-refractivity contribution in [3.8, 4) is 0 Å². The summed E-state index contributed by atoms with van der Waals surface area (Å²) in [4.78, 5) is 22.6. The molecule has 1 amide bonds. The number of nitrogens with zero attached hydrogens (tertiary/aromatic N) is 3. The summed E-state index contributed by atoms with van der Waals surface area (Å²) in [5, 5.41) is 6.14. The van der Waals surface area contributed by atoms with Gasteiger partial charge in [-0.05, 0) is 25.3 Å². The molecule has 128 valence electrons. The number of carbonyl (C=O) groups is 1. The highest BCUT2D eigenvalue weighted by Crippen LogP contribution is 2.25. The number of amides is 1. The number of nitrogens with one attached hydrogen (secondary N) is 1. The molecule has 0 unspecified atom stereocenters. The molecule has 1 N–H and O–H groups in total. The fraction of sp³-hybridized carbons (Fsp3) is 0.412. The summed E-state index contributed by atoms with van der Waals surface area (Å²) in [6, 6.07) is 7.78. The number of thiazole rings is 1. The van der Waals surface area contributed by atoms with Gasteiger partial charge in [0.1, 0.15) is 0 Å². The first kappa shape index (κ1) is 17.3. The lowest BCUT2D eigenvalue weighted by Gasteiger charge is -2.37. The molecule has 1 fully saturated rings. The second-order valence-corrected chi connectivity index (χ2v) is 7.42. The molecular weight excluding hydrogens is 340 g/mol. The molecule has 2 heterocycles. The summed E-state index contributed by atoms with van der Waals surface area (Å²) < 4.78 is 0. The highest BCUT2D eigenvalue weighted by molar-refractivity contribution is 7.98. The zero-order chi connectivity index (χ0) is 16.9. The molecule has 1 aromatic carbocycles. The molecule has 1 aliphatic heterocycles. The van der Waals surface area contributed by atoms with Crippen LogP contribution >= 0.6 is 23.1 Å². The molecule has 1 aliphatic rings. The molecule has 0 saturated carbocycles. The average Bonchev–Trinajstić information content (AvgIpc) is 3.16. The van der Waals surface area contributed by atoms with E-state index in [4.69, 9.17) is 0 Å². The van der Waals surface area contributed by atoms with Crippen molar-refractivity contribution in [2.45, 2.75) is 17.9 Å². The van der Waals surface area contributed by atoms with Gasteiger partial charge < -0.3 is 10.2 Å². The van der Waals surface area contributed by atoms with E-state index in [1.807, 2.05) is 49.0 Å². The van der Waals surface area contributed by atoms with Crippen LogP contribution in [0.5, 0.6) is 0 Å². The van der Waals surface area contributed by atoms with Crippen molar-refractivity contribution >= 4 is 39.8 Å². The van der Waals surface area contributed by atoms with Crippen molar-refractivity contribution in [1.29, 1.82) is 0 Å². The number of hydrogen-bond acceptors (Lipinski definition) is 6. The van der Waals surface area contributed by atoms with Crippen LogP contribution in [0.25, 0.3) is 0 Å². The Morgan fingerprint density at radius 1 is 1.29 bits per heavy atom. The molecule has 24 heavy (non-hydrogen) atoms. The topological polar surface area (TPSA) is 48.5 Å². The van der Waals surface area contributed by atoms with E-state index in [0.29, 0.717) is 0 Å². The molecule has 3 rings (SSSR count). The summed E-state index contributed by atoms with van der Waals surface area (Å²) >= 11 is 3.31. The third kappa shape index (κ3) is 3.91. The molecule has 1 saturated heterocycles. The summed E-state index contributed by atoms with van der Waals surface area (Å²) in [7, 11) is 0. The number of carbonyl (C=O) groups excluding carboxylic acids is 1. The molecule has 0 radical (unpaired) electrons. The number of benzene rings is 1. The van der Waals surface area contributed by atoms with Crippen LogP contribution in [0.2, 0.25) is 0 Å². The minimum Gasteiger partial charge on any atom is -0.346 e. The lowest BCUT2D eigenvalue weighted by Crippen LogP contribution is -2.52. The van der Waals surface area contributed by atoms with Crippen LogP contribution in [-0.2, 0) is 4.79 Å². The lowest BCUT2D eigenvalue weighted by atomic mass is 10.2. The Labute approximate surface area is 151 Å². The first-order valence-electron chi connectivity index (χ1n) is 8.01. The fourth-order valence-electron chi connectivity index (χ4n) is 2.82. The maximum atomic E-state index is 12.6. The molecule has 2 aromatic rings. The predicted octanol–water partition coefficient (Wildman–Crippen LogP) is 3.01. The van der Waals surface area contributed by atoms with Crippen molar-refractivity contribution in [2.24, 2.45) is 0 Å². The van der Waals surface area contributed by atoms with E-state index in [9.17, 15) is 4.79 Å². The number of thioether (sulfide) groups is 1. The van der Waals surface area contributed by atoms with Crippen LogP contribution in [0.1, 0.15) is 6.92 Å². The Balaban J connectivity index is 1.56. The molecule has 7 heteroatoms. The molecule has 1 atom stereocenters. The quantitative estimate of drug-likeness (QED) is 0.829. The van der Waals surface area contributed by atoms with Gasteiger partial charge in [-0.15, -0.1) is 23.1 Å². The van der Waals surface area contributed by atoms with Crippen molar-refractivity contribution < 1.29 is 4.79 Å². The first-order chi connectivity index (χ1) is 11.7. The number of piperazine rings is 1. The molecular formula is C17H22N4OS2. The summed E-state index contributed by atoms with van der Waals surface area (Å²) in [6.07, 6.45) is 3.86. The fourth-order valence-corrected chi connectivity index (χ4v) is 4.07. The van der Waals surface area contributed by atoms with Gasteiger partial charge in [-0.1, -0.05) is 12.1 Å². The van der Waals surface area contributed by atoms with Crippen molar-refractivity contribution in [1.82, 2.24) is 9.88 Å². The van der Waals surface area contributed by atoms with Crippen LogP contribution in [0.15, 0.2) is 40.7 Å². The minimum absolute atomic E-state index is 0.0548. The predicted molar refractivity (Wildman–Crippen MR) is 102 cm³/mol. The third-order valence-electron chi connectivity index (χ3n) is 4.30. The van der Waals surface area contributed by atoms with Crippen LogP contribution in [0, 0.1) is 0 Å². The maximum absolute atomic E-state index is 12.6. The van der Waals surface area contributed by atoms with E-state index in [2.05, 4.69) is 20.1 Å². The Morgan fingerprint density at radius 2 is 2.04 bits per heavy atom. The van der Waals surface area contributed by atoms with E-state index in [1.54, 1.807) is 23.1 Å². The van der Waals surface area contributed by atoms with Gasteiger partial charge in [0.25, 0.3) is 0 Å². The zero-order valence-electron chi connectivity index (χ0n) is 13.9. The van der Waals surface area contributed by atoms with Gasteiger partial charge in [-0.3, -0.25) is 9.69 Å². The molecule has 0 spiro atoms. The van der Waals surface area contributed by atoms with E-state index < -0.39 is 0 Å². The van der Waals surface area contributed by atoms with E-state index in [0.717, 1.165) is 41.9 Å². The third-order valence-corrected chi connectivity index (χ3v) is 5.92. The Morgan fingerprint density at radius 3 is 2.71 bits per heavy atom. The van der Waals surface area contributed by atoms with Gasteiger partial charge in [-0.2, -0.15) is 0 Å². The van der Waals surface area contributed by atoms with E-state index >= 15 is 0 Å². The molecule has 5 nitrogen and oxygen atoms in total. The minimum atomic E-state index is -0.140. The summed E-state index contributed by atoms with van der Waals surface area (Å²) in [5.74, 6) is 0.0548. The van der Waals surface area contributed by atoms with Gasteiger partial charge >= 0.3 is 0 Å². The average molecular weight is 363 g/mol. The standard InChI is InChI=1S/C17H22N4OS2/c1-13(16(22)19-14-5-3-4-6-15(14)23-2)20-8-10-21(11-9-20)17-18-7-12-24-17/h3-7,12-13H,8-11H2,1-2H3,(H,19,22)/t13-/m0/s1. The van der Waals surface area contributed by atoms with Gasteiger partial charge in [0.15, 0.2) is 5.13 Å². The monoisotopic (exact) mass is 362 g/mol. The molecule has 0 bridgehead atoms. The highest BCUT2D eigenvalue weighted by Gasteiger charge is 2.26. The van der Waals surface area contributed by atoms with Gasteiger partial charge in [0, 0.05) is 42.7 Å². The summed E-state index contributed by atoms with van der Waals surface area (Å²) in [6.45, 7) is 5.55. The highest BCUT2D eigenvalue weighted by atomic mass is 32.2. The Kier molecular flexibility index (Phi) is 5.76. The Hall–Kier alpha value is -1.57. The van der Waals surface area contributed by atoms with Crippen molar-refractivity contribution in [3.05, 3.63) is 35.8 Å². The van der Waals surface area contributed by atoms with Gasteiger partial charge in [0.05, 0.1) is 11.7 Å². The van der Waals surface area contributed by atoms with Crippen LogP contribution in [0.3, 0.4) is 0 Å². The van der Waals surface area contributed by atoms with Gasteiger partial charge in [0.2, 0.25) is 5.91 Å². The van der Waals surface area contributed by atoms with Crippen molar-refractivity contribution in [3.63, 3.8) is 0 Å². The van der Waals surface area contributed by atoms with E-state index in [-0.39, 0.29) is 11.9 Å². The maximum Gasteiger partial charge on any atom is 0.241 e. The van der Waals surface area contributed by atoms with Crippen molar-refractivity contribution in [2.75, 3.05) is 42.7 Å². The number of rotatable bonds is 5. The smallest absolute Gasteiger partial charge is 0.241 e. The van der Waals surface area contributed by atoms with Crippen LogP contribution in [-0.4, -0.2) is 54.3 Å². The number of para-hydroxylation sites is 1. The van der Waals surface area contributed by atoms with Crippen LogP contribution < -0.4 is 10.2 Å². The summed E-state index contributed by atoms with van der Waals surface area (Å²) in [5.41, 5.74) is 0.892.